The summed E-state index contributed by atoms with van der Waals surface area (Å²) in [4.78, 5) is 0. The lowest BCUT2D eigenvalue weighted by molar-refractivity contribution is 0.669. The minimum absolute atomic E-state index is 0.491. The summed E-state index contributed by atoms with van der Waals surface area (Å²) in [6.45, 7) is 0. The quantitative estimate of drug-likeness (QED) is 0.170. The summed E-state index contributed by atoms with van der Waals surface area (Å²) in [7, 11) is 0. The molecule has 0 aliphatic carbocycles. The second-order valence-corrected chi connectivity index (χ2v) is 11.3. The summed E-state index contributed by atoms with van der Waals surface area (Å²) >= 11 is 0. The molecule has 0 fully saturated rings. The van der Waals surface area contributed by atoms with E-state index in [0.717, 1.165) is 0 Å². The normalized spacial score (nSPS) is 20.2. The molecule has 236 valence electrons. The van der Waals surface area contributed by atoms with E-state index in [1.165, 1.54) is 0 Å². The van der Waals surface area contributed by atoms with Gasteiger partial charge in [0, 0.05) is 10.8 Å². The molecule has 51 heavy (non-hydrogen) atoms. The van der Waals surface area contributed by atoms with E-state index in [2.05, 4.69) is 0 Å². The molecule has 0 radical (unpaired) electrons. The Bertz CT molecular complexity index is 4850. The molecule has 0 aliphatic rings. The molecule has 0 atom stereocenters. The minimum atomic E-state index is -1.12. The molecule has 11 aromatic rings. The van der Waals surface area contributed by atoms with Crippen LogP contribution in [0.3, 0.4) is 0 Å². The molecule has 0 bridgehead atoms. The van der Waals surface area contributed by atoms with Gasteiger partial charge in [0.25, 0.3) is 0 Å². The maximum atomic E-state index is 9.69. The Morgan fingerprint density at radius 1 is 0.314 bits per heavy atom. The number of furan rings is 1. The van der Waals surface area contributed by atoms with Gasteiger partial charge < -0.3 is 4.42 Å². The van der Waals surface area contributed by atoms with Crippen molar-refractivity contribution in [1.82, 2.24) is 0 Å². The SMILES string of the molecule is [2H]c1c([2H])c(-c2c([2H])c([2H])c([2H])c3c(-c4c5c([2H])c([2H])c([2H])c([2H])c5c(-c5c([2H])c([2H])c6c([2H])c([2H])c([2H])c([2H])c6c5[2H])c5c([2H])c([2H])c([2H])c([2H])c45)c([2H])c([2H])c([2H])c23)c2c(oc3c([2H])c4c([2H])c([2H])c([2H])c([2H])c4c([2H])c32)c1[2H]. The molecule has 1 heterocycles. The monoisotopic (exact) mass is 676 g/mol. The third-order valence-electron chi connectivity index (χ3n) is 8.57. The van der Waals surface area contributed by atoms with Crippen molar-refractivity contribution in [3.63, 3.8) is 0 Å². The van der Waals surface area contributed by atoms with Crippen LogP contribution in [0.5, 0.6) is 0 Å². The topological polar surface area (TPSA) is 13.1 Å². The van der Waals surface area contributed by atoms with Gasteiger partial charge in [0.1, 0.15) is 11.2 Å². The molecule has 0 N–H and O–H groups in total. The summed E-state index contributed by atoms with van der Waals surface area (Å²) < 4.78 is 280. The van der Waals surface area contributed by atoms with E-state index in [-0.39, 0.29) is 0 Å². The van der Waals surface area contributed by atoms with Crippen LogP contribution < -0.4 is 0 Å². The fourth-order valence-electron chi connectivity index (χ4n) is 6.45. The van der Waals surface area contributed by atoms with Crippen LogP contribution in [0.4, 0.5) is 0 Å². The van der Waals surface area contributed by atoms with Crippen molar-refractivity contribution in [2.45, 2.75) is 0 Å². The number of rotatable bonds is 3. The first-order valence-electron chi connectivity index (χ1n) is 30.2. The summed E-state index contributed by atoms with van der Waals surface area (Å²) in [6, 6.07) is -28.6. The van der Waals surface area contributed by atoms with Gasteiger partial charge in [-0.05, 0) is 111 Å². The van der Waals surface area contributed by atoms with Crippen molar-refractivity contribution in [1.29, 1.82) is 0 Å². The van der Waals surface area contributed by atoms with Gasteiger partial charge in [0.2, 0.25) is 0 Å². The highest BCUT2D eigenvalue weighted by Crippen LogP contribution is 2.47. The maximum Gasteiger partial charge on any atom is 0.136 e. The van der Waals surface area contributed by atoms with Crippen LogP contribution >= 0.6 is 0 Å². The molecule has 0 spiro atoms. The Hall–Kier alpha value is -6.70. The smallest absolute Gasteiger partial charge is 0.136 e. The third-order valence-corrected chi connectivity index (χ3v) is 8.57. The molecule has 0 saturated carbocycles. The number of benzene rings is 10. The van der Waals surface area contributed by atoms with E-state index in [0.29, 0.717) is 0 Å². The first-order valence-corrected chi connectivity index (χ1v) is 15.2. The lowest BCUT2D eigenvalue weighted by atomic mass is 9.83. The van der Waals surface area contributed by atoms with Gasteiger partial charge >= 0.3 is 0 Å². The predicted molar refractivity (Wildman–Crippen MR) is 218 cm³/mol. The molecule has 1 aromatic heterocycles. The van der Waals surface area contributed by atoms with Gasteiger partial charge in [0.15, 0.2) is 0 Å². The van der Waals surface area contributed by atoms with Crippen molar-refractivity contribution in [3.05, 3.63) is 181 Å². The van der Waals surface area contributed by atoms with E-state index in [9.17, 15) is 20.6 Å². The fraction of sp³-hybridized carbons (Fsp3) is 0. The van der Waals surface area contributed by atoms with E-state index < -0.39 is 290 Å². The highest BCUT2D eigenvalue weighted by molar-refractivity contribution is 6.25. The highest BCUT2D eigenvalue weighted by atomic mass is 16.3. The molecule has 0 saturated heterocycles. The van der Waals surface area contributed by atoms with Crippen LogP contribution in [0, 0.1) is 0 Å². The summed E-state index contributed by atoms with van der Waals surface area (Å²) in [5, 5.41) is -8.17. The first-order chi connectivity index (χ1) is 37.8. The lowest BCUT2D eigenvalue weighted by Gasteiger charge is -2.19. The third kappa shape index (κ3) is 4.22. The molecule has 1 heteroatoms. The molecule has 11 rings (SSSR count). The Kier molecular flexibility index (Phi) is 2.50. The van der Waals surface area contributed by atoms with Gasteiger partial charge in [-0.25, -0.2) is 0 Å². The molecule has 1 nitrogen and oxygen atoms in total. The Balaban J connectivity index is 1.45. The van der Waals surface area contributed by atoms with Crippen LogP contribution in [0.15, 0.2) is 186 Å². The van der Waals surface area contributed by atoms with Crippen LogP contribution in [0.2, 0.25) is 0 Å². The first kappa shape index (κ1) is 11.7. The molecule has 0 aliphatic heterocycles. The minimum Gasteiger partial charge on any atom is -0.456 e. The predicted octanol–water partition coefficient (Wildman–Crippen LogP) is 14.4. The zero-order chi connectivity index (χ0) is 59.6. The van der Waals surface area contributed by atoms with E-state index in [4.69, 9.17) is 25.0 Å². The van der Waals surface area contributed by atoms with Crippen molar-refractivity contribution in [2.75, 3.05) is 0 Å². The molecule has 0 unspecified atom stereocenters. The van der Waals surface area contributed by atoms with Crippen molar-refractivity contribution in [2.24, 2.45) is 0 Å². The van der Waals surface area contributed by atoms with Crippen LogP contribution in [-0.2, 0) is 0 Å². The fourth-order valence-corrected chi connectivity index (χ4v) is 6.45. The number of hydrogen-bond donors (Lipinski definition) is 0. The van der Waals surface area contributed by atoms with Gasteiger partial charge in [-0.3, -0.25) is 0 Å². The summed E-state index contributed by atoms with van der Waals surface area (Å²) in [5.41, 5.74) is -6.05. The van der Waals surface area contributed by atoms with Gasteiger partial charge in [-0.15, -0.1) is 0 Å². The number of hydrogen-bond acceptors (Lipinski definition) is 1. The van der Waals surface area contributed by atoms with Gasteiger partial charge in [0.05, 0.1) is 41.1 Å². The van der Waals surface area contributed by atoms with Crippen molar-refractivity contribution >= 4 is 75.8 Å². The molecule has 10 aromatic carbocycles. The largest absolute Gasteiger partial charge is 0.456 e. The van der Waals surface area contributed by atoms with E-state index >= 15 is 0 Å². The van der Waals surface area contributed by atoms with Crippen LogP contribution in [-0.4, -0.2) is 0 Å². The lowest BCUT2D eigenvalue weighted by Crippen LogP contribution is -1.92. The Morgan fingerprint density at radius 3 is 1.53 bits per heavy atom. The second-order valence-electron chi connectivity index (χ2n) is 11.3. The Labute approximate surface area is 336 Å². The van der Waals surface area contributed by atoms with E-state index in [1.807, 2.05) is 0 Å². The number of fused-ring (bicyclic) bond motifs is 8. The van der Waals surface area contributed by atoms with Crippen molar-refractivity contribution < 1.29 is 45.5 Å². The van der Waals surface area contributed by atoms with Crippen LogP contribution in [0.1, 0.15) is 41.1 Å². The zero-order valence-corrected chi connectivity index (χ0v) is 25.4. The molecular formula is C50H30O. The van der Waals surface area contributed by atoms with E-state index in [1.54, 1.807) is 0 Å². The maximum absolute atomic E-state index is 9.69. The second kappa shape index (κ2) is 10.9. The average Bonchev–Trinajstić information content (AvgIpc) is 3.94. The zero-order valence-electron chi connectivity index (χ0n) is 55.4. The molecule has 0 amide bonds. The van der Waals surface area contributed by atoms with Gasteiger partial charge in [-0.1, -0.05) is 157 Å². The summed E-state index contributed by atoms with van der Waals surface area (Å²) in [6.07, 6.45) is 0. The summed E-state index contributed by atoms with van der Waals surface area (Å²) in [5.74, 6) is 0. The average molecular weight is 677 g/mol. The van der Waals surface area contributed by atoms with Crippen molar-refractivity contribution in [3.8, 4) is 33.4 Å². The standard InChI is InChI=1S/C50H30O/c1-2-13-32-28-35(27-26-31(32)12-1)48-41-16-5-7-18-43(41)49(44-19-8-6-17-42(44)48)39-23-10-20-36-37(39)21-9-22-38(36)40-24-11-25-46-50(40)45-29-33-14-3-4-15-34(33)30-47(45)51-46/h1-30H/i1D,2D,3D,4D,5D,6D,7D,8D,9D,10D,11D,12D,13D,14D,15D,16D,17D,18D,19D,20D,21D,22D,23D,24D,25D,26D,27D,28D,29D,30D. The van der Waals surface area contributed by atoms with Crippen LogP contribution in [0.25, 0.3) is 109 Å². The molecular weight excluding hydrogens is 617 g/mol. The Morgan fingerprint density at radius 2 is 0.824 bits per heavy atom. The highest BCUT2D eigenvalue weighted by Gasteiger charge is 2.20. The van der Waals surface area contributed by atoms with Gasteiger partial charge in [-0.2, -0.15) is 0 Å².